The van der Waals surface area contributed by atoms with Crippen LogP contribution >= 0.6 is 23.2 Å². The average Bonchev–Trinajstić information content (AvgIpc) is 2.52. The van der Waals surface area contributed by atoms with Crippen LogP contribution in [0.2, 0.25) is 10.0 Å². The molecule has 0 N–H and O–H groups in total. The first kappa shape index (κ1) is 20.3. The van der Waals surface area contributed by atoms with Crippen LogP contribution in [0, 0.1) is 6.92 Å². The van der Waals surface area contributed by atoms with Crippen LogP contribution in [0.4, 0.5) is 0 Å². The van der Waals surface area contributed by atoms with Crippen molar-refractivity contribution in [3.05, 3.63) is 69.2 Å². The van der Waals surface area contributed by atoms with E-state index in [9.17, 15) is 9.59 Å². The molecule has 0 aliphatic rings. The predicted octanol–water partition coefficient (Wildman–Crippen LogP) is 5.23. The highest BCUT2D eigenvalue weighted by atomic mass is 35.5. The van der Waals surface area contributed by atoms with Gasteiger partial charge in [0.15, 0.2) is 0 Å². The highest BCUT2D eigenvalue weighted by Gasteiger charge is 2.34. The molecule has 0 bridgehead atoms. The number of hydrogen-bond donors (Lipinski definition) is 0. The van der Waals surface area contributed by atoms with E-state index < -0.39 is 5.54 Å². The van der Waals surface area contributed by atoms with Crippen molar-refractivity contribution in [2.75, 3.05) is 7.05 Å². The van der Waals surface area contributed by atoms with Crippen LogP contribution in [0.3, 0.4) is 0 Å². The molecular formula is C20H22Cl2N2O2. The molecule has 0 saturated heterocycles. The molecule has 2 aromatic carbocycles. The van der Waals surface area contributed by atoms with Crippen LogP contribution in [-0.2, 0) is 0 Å². The molecule has 0 unspecified atom stereocenters. The van der Waals surface area contributed by atoms with Gasteiger partial charge in [0, 0.05) is 28.2 Å². The highest BCUT2D eigenvalue weighted by Crippen LogP contribution is 2.25. The molecule has 0 fully saturated rings. The molecule has 0 saturated carbocycles. The minimum Gasteiger partial charge on any atom is -0.267 e. The minimum absolute atomic E-state index is 0.276. The third kappa shape index (κ3) is 4.57. The molecule has 2 amide bonds. The Bertz CT molecular complexity index is 806. The predicted molar refractivity (Wildman–Crippen MR) is 106 cm³/mol. The molecule has 0 heterocycles. The lowest BCUT2D eigenvalue weighted by Gasteiger charge is -2.41. The lowest BCUT2D eigenvalue weighted by molar-refractivity contribution is -0.0308. The molecule has 0 aliphatic heterocycles. The van der Waals surface area contributed by atoms with Crippen molar-refractivity contribution in [1.29, 1.82) is 0 Å². The van der Waals surface area contributed by atoms with Gasteiger partial charge in [-0.2, -0.15) is 0 Å². The number of aryl methyl sites for hydroxylation is 1. The molecule has 2 aromatic rings. The molecule has 0 aliphatic carbocycles. The van der Waals surface area contributed by atoms with Crippen LogP contribution < -0.4 is 0 Å². The van der Waals surface area contributed by atoms with E-state index in [1.807, 2.05) is 39.8 Å². The molecule has 26 heavy (non-hydrogen) atoms. The summed E-state index contributed by atoms with van der Waals surface area (Å²) in [6.45, 7) is 7.52. The molecule has 4 nitrogen and oxygen atoms in total. The van der Waals surface area contributed by atoms with Crippen molar-refractivity contribution in [3.63, 3.8) is 0 Å². The van der Waals surface area contributed by atoms with E-state index in [-0.39, 0.29) is 11.8 Å². The molecule has 6 heteroatoms. The van der Waals surface area contributed by atoms with E-state index in [2.05, 4.69) is 0 Å². The second kappa shape index (κ2) is 7.68. The fourth-order valence-corrected chi connectivity index (χ4v) is 3.19. The summed E-state index contributed by atoms with van der Waals surface area (Å²) in [5, 5.41) is 3.48. The Labute approximate surface area is 164 Å². The maximum absolute atomic E-state index is 13.1. The lowest BCUT2D eigenvalue weighted by atomic mass is 10.1. The van der Waals surface area contributed by atoms with Crippen molar-refractivity contribution < 1.29 is 9.59 Å². The maximum atomic E-state index is 13.1. The van der Waals surface area contributed by atoms with Gasteiger partial charge in [0.1, 0.15) is 0 Å². The topological polar surface area (TPSA) is 40.6 Å². The largest absolute Gasteiger partial charge is 0.273 e. The second-order valence-corrected chi connectivity index (χ2v) is 8.01. The van der Waals surface area contributed by atoms with Gasteiger partial charge in [-0.1, -0.05) is 40.9 Å². The van der Waals surface area contributed by atoms with Gasteiger partial charge >= 0.3 is 0 Å². The number of carbonyl (C=O) groups is 2. The van der Waals surface area contributed by atoms with Crippen LogP contribution in [0.15, 0.2) is 42.5 Å². The quantitative estimate of drug-likeness (QED) is 0.656. The van der Waals surface area contributed by atoms with Crippen molar-refractivity contribution in [3.8, 4) is 0 Å². The van der Waals surface area contributed by atoms with Gasteiger partial charge in [-0.25, -0.2) is 10.0 Å². The monoisotopic (exact) mass is 392 g/mol. The summed E-state index contributed by atoms with van der Waals surface area (Å²) in [7, 11) is 1.58. The second-order valence-electron chi connectivity index (χ2n) is 7.14. The number of hydrogen-bond acceptors (Lipinski definition) is 2. The van der Waals surface area contributed by atoms with Crippen LogP contribution in [0.1, 0.15) is 47.1 Å². The van der Waals surface area contributed by atoms with Crippen LogP contribution in [0.5, 0.6) is 0 Å². The first-order valence-corrected chi connectivity index (χ1v) is 8.91. The van der Waals surface area contributed by atoms with Gasteiger partial charge in [0.25, 0.3) is 11.8 Å². The Morgan fingerprint density at radius 1 is 0.846 bits per heavy atom. The van der Waals surface area contributed by atoms with Gasteiger partial charge < -0.3 is 0 Å². The van der Waals surface area contributed by atoms with Crippen molar-refractivity contribution in [1.82, 2.24) is 10.0 Å². The summed E-state index contributed by atoms with van der Waals surface area (Å²) < 4.78 is 0. The van der Waals surface area contributed by atoms with Gasteiger partial charge in [-0.15, -0.1) is 0 Å². The van der Waals surface area contributed by atoms with Crippen molar-refractivity contribution in [2.45, 2.75) is 33.2 Å². The lowest BCUT2D eigenvalue weighted by Crippen LogP contribution is -2.56. The number of halogens is 2. The van der Waals surface area contributed by atoms with E-state index in [1.54, 1.807) is 37.4 Å². The zero-order chi connectivity index (χ0) is 19.6. The number of rotatable bonds is 2. The summed E-state index contributed by atoms with van der Waals surface area (Å²) in [6.07, 6.45) is 0. The summed E-state index contributed by atoms with van der Waals surface area (Å²) in [5.74, 6) is -0.633. The molecule has 0 spiro atoms. The Morgan fingerprint density at radius 2 is 1.35 bits per heavy atom. The Hall–Kier alpha value is -2.04. The zero-order valence-corrected chi connectivity index (χ0v) is 17.0. The van der Waals surface area contributed by atoms with E-state index in [0.29, 0.717) is 21.2 Å². The molecule has 0 atom stereocenters. The zero-order valence-electron chi connectivity index (χ0n) is 15.5. The number of hydrazine groups is 1. The Balaban J connectivity index is 2.42. The third-order valence-corrected chi connectivity index (χ3v) is 4.27. The number of carbonyl (C=O) groups excluding carboxylic acids is 2. The fourth-order valence-electron chi connectivity index (χ4n) is 2.66. The molecule has 0 radical (unpaired) electrons. The SMILES string of the molecule is Cc1ccc(C(=O)N(C)N(C(=O)c2cc(Cl)cc(Cl)c2)C(C)(C)C)cc1. The fraction of sp³-hybridized carbons (Fsp3) is 0.300. The first-order valence-electron chi connectivity index (χ1n) is 8.16. The number of nitrogens with zero attached hydrogens (tertiary/aromatic N) is 2. The van der Waals surface area contributed by atoms with Crippen molar-refractivity contribution >= 4 is 35.0 Å². The molecular weight excluding hydrogens is 371 g/mol. The summed E-state index contributed by atoms with van der Waals surface area (Å²) >= 11 is 12.1. The van der Waals surface area contributed by atoms with E-state index >= 15 is 0 Å². The normalized spacial score (nSPS) is 11.2. The van der Waals surface area contributed by atoms with Crippen LogP contribution in [-0.4, -0.2) is 34.4 Å². The smallest absolute Gasteiger partial charge is 0.267 e. The van der Waals surface area contributed by atoms with Crippen LogP contribution in [0.25, 0.3) is 0 Å². The Kier molecular flexibility index (Phi) is 5.99. The summed E-state index contributed by atoms with van der Waals surface area (Å²) in [6, 6.07) is 11.9. The summed E-state index contributed by atoms with van der Waals surface area (Å²) in [4.78, 5) is 26.0. The Morgan fingerprint density at radius 3 is 1.81 bits per heavy atom. The van der Waals surface area contributed by atoms with E-state index in [4.69, 9.17) is 23.2 Å². The van der Waals surface area contributed by atoms with Gasteiger partial charge in [0.2, 0.25) is 0 Å². The molecule has 2 rings (SSSR count). The number of amides is 2. The van der Waals surface area contributed by atoms with E-state index in [1.165, 1.54) is 10.0 Å². The minimum atomic E-state index is -0.638. The highest BCUT2D eigenvalue weighted by molar-refractivity contribution is 6.35. The molecule has 138 valence electrons. The van der Waals surface area contributed by atoms with Gasteiger partial charge in [-0.3, -0.25) is 9.59 Å². The molecule has 0 aromatic heterocycles. The van der Waals surface area contributed by atoms with Crippen molar-refractivity contribution in [2.24, 2.45) is 0 Å². The third-order valence-electron chi connectivity index (χ3n) is 3.83. The van der Waals surface area contributed by atoms with Gasteiger partial charge in [0.05, 0.1) is 5.54 Å². The maximum Gasteiger partial charge on any atom is 0.273 e. The first-order chi connectivity index (χ1) is 12.0. The summed E-state index contributed by atoms with van der Waals surface area (Å²) in [5.41, 5.74) is 1.24. The van der Waals surface area contributed by atoms with Gasteiger partial charge in [-0.05, 0) is 58.0 Å². The number of benzene rings is 2. The van der Waals surface area contributed by atoms with E-state index in [0.717, 1.165) is 5.56 Å². The average molecular weight is 393 g/mol. The standard InChI is InChI=1S/C20H22Cl2N2O2/c1-13-6-8-14(9-7-13)18(25)23(5)24(20(2,3)4)19(26)15-10-16(21)12-17(22)11-15/h6-12H,1-5H3.